The Balaban J connectivity index is 2.32. The van der Waals surface area contributed by atoms with Gasteiger partial charge in [-0.1, -0.05) is 13.8 Å². The van der Waals surface area contributed by atoms with Crippen molar-refractivity contribution in [2.24, 2.45) is 0 Å². The monoisotopic (exact) mass is 223 g/mol. The van der Waals surface area contributed by atoms with Crippen molar-refractivity contribution in [3.05, 3.63) is 18.5 Å². The van der Waals surface area contributed by atoms with Gasteiger partial charge in [0.05, 0.1) is 0 Å². The van der Waals surface area contributed by atoms with Gasteiger partial charge in [0.1, 0.15) is 0 Å². The summed E-state index contributed by atoms with van der Waals surface area (Å²) in [6.07, 6.45) is 7.33. The van der Waals surface area contributed by atoms with Crippen molar-refractivity contribution in [1.82, 2.24) is 15.1 Å². The van der Waals surface area contributed by atoms with E-state index in [2.05, 4.69) is 38.1 Å². The maximum Gasteiger partial charge on any atom is 0.0489 e. The van der Waals surface area contributed by atoms with E-state index in [0.29, 0.717) is 6.04 Å². The Morgan fingerprint density at radius 3 is 2.56 bits per heavy atom. The van der Waals surface area contributed by atoms with Gasteiger partial charge in [-0.3, -0.25) is 4.68 Å². The van der Waals surface area contributed by atoms with Gasteiger partial charge >= 0.3 is 0 Å². The van der Waals surface area contributed by atoms with Crippen molar-refractivity contribution in [3.63, 3.8) is 0 Å². The molecule has 3 heteroatoms. The fourth-order valence-corrected chi connectivity index (χ4v) is 1.88. The Hall–Kier alpha value is -0.830. The molecule has 0 saturated heterocycles. The molecule has 16 heavy (non-hydrogen) atoms. The second-order valence-electron chi connectivity index (χ2n) is 4.87. The zero-order valence-electron chi connectivity index (χ0n) is 11.0. The van der Waals surface area contributed by atoms with Gasteiger partial charge in [0.25, 0.3) is 0 Å². The summed E-state index contributed by atoms with van der Waals surface area (Å²) >= 11 is 0. The van der Waals surface area contributed by atoms with Gasteiger partial charge in [0.15, 0.2) is 0 Å². The molecule has 92 valence electrons. The average Bonchev–Trinajstić information content (AvgIpc) is 2.79. The Kier molecular flexibility index (Phi) is 5.00. The Morgan fingerprint density at radius 2 is 2.06 bits per heavy atom. The minimum Gasteiger partial charge on any atom is -0.309 e. The summed E-state index contributed by atoms with van der Waals surface area (Å²) in [5.41, 5.74) is 0.281. The van der Waals surface area contributed by atoms with Gasteiger partial charge < -0.3 is 5.32 Å². The number of hydrogen-bond donors (Lipinski definition) is 1. The van der Waals surface area contributed by atoms with Gasteiger partial charge in [-0.05, 0) is 39.2 Å². The van der Waals surface area contributed by atoms with Crippen LogP contribution in [0.5, 0.6) is 0 Å². The lowest BCUT2D eigenvalue weighted by Gasteiger charge is -2.32. The highest BCUT2D eigenvalue weighted by atomic mass is 15.3. The van der Waals surface area contributed by atoms with Crippen molar-refractivity contribution in [3.8, 4) is 0 Å². The van der Waals surface area contributed by atoms with E-state index in [1.807, 2.05) is 23.1 Å². The topological polar surface area (TPSA) is 29.9 Å². The minimum atomic E-state index is 0.281. The normalized spacial score (nSPS) is 14.0. The van der Waals surface area contributed by atoms with Crippen LogP contribution in [0.4, 0.5) is 0 Å². The molecule has 1 N–H and O–H groups in total. The molecule has 1 unspecified atom stereocenters. The summed E-state index contributed by atoms with van der Waals surface area (Å²) in [4.78, 5) is 0. The van der Waals surface area contributed by atoms with Crippen LogP contribution in [0.3, 0.4) is 0 Å². The quantitative estimate of drug-likeness (QED) is 0.770. The summed E-state index contributed by atoms with van der Waals surface area (Å²) in [5, 5.41) is 7.93. The highest BCUT2D eigenvalue weighted by Crippen LogP contribution is 2.15. The number of nitrogens with one attached hydrogen (secondary N) is 1. The van der Waals surface area contributed by atoms with E-state index >= 15 is 0 Å². The minimum absolute atomic E-state index is 0.281. The predicted molar refractivity (Wildman–Crippen MR) is 68.4 cm³/mol. The van der Waals surface area contributed by atoms with Crippen molar-refractivity contribution in [1.29, 1.82) is 0 Å². The number of rotatable bonds is 7. The van der Waals surface area contributed by atoms with E-state index in [4.69, 9.17) is 0 Å². The second kappa shape index (κ2) is 6.04. The van der Waals surface area contributed by atoms with Crippen LogP contribution in [0.1, 0.15) is 47.0 Å². The SMILES string of the molecule is CCC(C)(CC)NC(C)CCn1cccn1. The highest BCUT2D eigenvalue weighted by molar-refractivity contribution is 4.83. The summed E-state index contributed by atoms with van der Waals surface area (Å²) in [6, 6.07) is 2.51. The standard InChI is InChI=1S/C13H25N3/c1-5-13(4,6-2)15-12(3)8-11-16-10-7-9-14-16/h7,9-10,12,15H,5-6,8,11H2,1-4H3. The molecule has 0 aliphatic rings. The van der Waals surface area contributed by atoms with Crippen LogP contribution in [0.25, 0.3) is 0 Å². The second-order valence-corrected chi connectivity index (χ2v) is 4.87. The van der Waals surface area contributed by atoms with Crippen LogP contribution in [0, 0.1) is 0 Å². The van der Waals surface area contributed by atoms with E-state index < -0.39 is 0 Å². The molecular formula is C13H25N3. The van der Waals surface area contributed by atoms with Crippen LogP contribution in [0.15, 0.2) is 18.5 Å². The Labute approximate surface area is 99.2 Å². The van der Waals surface area contributed by atoms with E-state index in [1.165, 1.54) is 12.8 Å². The summed E-state index contributed by atoms with van der Waals surface area (Å²) < 4.78 is 1.99. The number of nitrogens with zero attached hydrogens (tertiary/aromatic N) is 2. The fraction of sp³-hybridized carbons (Fsp3) is 0.769. The first-order valence-electron chi connectivity index (χ1n) is 6.34. The highest BCUT2D eigenvalue weighted by Gasteiger charge is 2.20. The molecule has 0 amide bonds. The molecule has 0 spiro atoms. The van der Waals surface area contributed by atoms with E-state index in [-0.39, 0.29) is 5.54 Å². The van der Waals surface area contributed by atoms with Crippen LogP contribution in [0.2, 0.25) is 0 Å². The molecule has 0 aliphatic carbocycles. The molecule has 0 aromatic carbocycles. The molecule has 0 fully saturated rings. The third kappa shape index (κ3) is 3.97. The van der Waals surface area contributed by atoms with Crippen LogP contribution < -0.4 is 5.32 Å². The van der Waals surface area contributed by atoms with Gasteiger partial charge in [0.2, 0.25) is 0 Å². The molecular weight excluding hydrogens is 198 g/mol. The lowest BCUT2D eigenvalue weighted by atomic mass is 9.94. The van der Waals surface area contributed by atoms with Crippen molar-refractivity contribution in [2.75, 3.05) is 0 Å². The van der Waals surface area contributed by atoms with Gasteiger partial charge in [-0.25, -0.2) is 0 Å². The number of hydrogen-bond acceptors (Lipinski definition) is 2. The van der Waals surface area contributed by atoms with Crippen LogP contribution in [-0.4, -0.2) is 21.4 Å². The van der Waals surface area contributed by atoms with E-state index in [0.717, 1.165) is 13.0 Å². The molecule has 0 radical (unpaired) electrons. The molecule has 1 aromatic rings. The smallest absolute Gasteiger partial charge is 0.0489 e. The van der Waals surface area contributed by atoms with Gasteiger partial charge in [0, 0.05) is 30.5 Å². The molecule has 1 atom stereocenters. The zero-order valence-corrected chi connectivity index (χ0v) is 11.0. The summed E-state index contributed by atoms with van der Waals surface area (Å²) in [5.74, 6) is 0. The lowest BCUT2D eigenvalue weighted by Crippen LogP contribution is -2.46. The largest absolute Gasteiger partial charge is 0.309 e. The maximum absolute atomic E-state index is 4.21. The molecule has 3 nitrogen and oxygen atoms in total. The lowest BCUT2D eigenvalue weighted by molar-refractivity contribution is 0.283. The third-order valence-corrected chi connectivity index (χ3v) is 3.51. The van der Waals surface area contributed by atoms with E-state index in [9.17, 15) is 0 Å². The number of aryl methyl sites for hydroxylation is 1. The Bertz CT molecular complexity index is 275. The van der Waals surface area contributed by atoms with Crippen LogP contribution >= 0.6 is 0 Å². The predicted octanol–water partition coefficient (Wildman–Crippen LogP) is 2.83. The first kappa shape index (κ1) is 13.2. The van der Waals surface area contributed by atoms with Gasteiger partial charge in [-0.15, -0.1) is 0 Å². The molecule has 0 saturated carbocycles. The van der Waals surface area contributed by atoms with Crippen molar-refractivity contribution >= 4 is 0 Å². The van der Waals surface area contributed by atoms with E-state index in [1.54, 1.807) is 0 Å². The molecule has 1 rings (SSSR count). The van der Waals surface area contributed by atoms with Crippen molar-refractivity contribution < 1.29 is 0 Å². The van der Waals surface area contributed by atoms with Crippen LogP contribution in [-0.2, 0) is 6.54 Å². The first-order valence-corrected chi connectivity index (χ1v) is 6.34. The molecule has 1 heterocycles. The number of aromatic nitrogens is 2. The van der Waals surface area contributed by atoms with Gasteiger partial charge in [-0.2, -0.15) is 5.10 Å². The first-order chi connectivity index (χ1) is 7.59. The summed E-state index contributed by atoms with van der Waals surface area (Å²) in [6.45, 7) is 10.0. The molecule has 0 aliphatic heterocycles. The van der Waals surface area contributed by atoms with Crippen molar-refractivity contribution in [2.45, 2.75) is 65.1 Å². The third-order valence-electron chi connectivity index (χ3n) is 3.51. The average molecular weight is 223 g/mol. The fourth-order valence-electron chi connectivity index (χ4n) is 1.88. The summed E-state index contributed by atoms with van der Waals surface area (Å²) in [7, 11) is 0. The molecule has 0 bridgehead atoms. The Morgan fingerprint density at radius 1 is 1.38 bits per heavy atom. The molecule has 1 aromatic heterocycles. The zero-order chi connectivity index (χ0) is 12.0. The maximum atomic E-state index is 4.21.